The van der Waals surface area contributed by atoms with Crippen molar-refractivity contribution < 1.29 is 14.8 Å². The van der Waals surface area contributed by atoms with Crippen LogP contribution in [0, 0.1) is 0 Å². The Morgan fingerprint density at radius 1 is 1.27 bits per heavy atom. The molecule has 76 valence electrons. The summed E-state index contributed by atoms with van der Waals surface area (Å²) in [5.74, 6) is 0.556. The van der Waals surface area contributed by atoms with Crippen molar-refractivity contribution in [3.63, 3.8) is 0 Å². The van der Waals surface area contributed by atoms with Crippen molar-refractivity contribution in [2.24, 2.45) is 5.16 Å². The van der Waals surface area contributed by atoms with E-state index in [-0.39, 0.29) is 5.75 Å². The molecule has 2 aromatic rings. The molecule has 0 aliphatic rings. The van der Waals surface area contributed by atoms with Gasteiger partial charge in [0, 0.05) is 11.6 Å². The molecule has 0 fully saturated rings. The quantitative estimate of drug-likeness (QED) is 0.444. The number of oxime groups is 1. The Morgan fingerprint density at radius 2 is 2.00 bits per heavy atom. The first-order chi connectivity index (χ1) is 7.29. The molecule has 0 aliphatic heterocycles. The molecule has 2 N–H and O–H groups in total. The van der Waals surface area contributed by atoms with Crippen LogP contribution < -0.4 is 0 Å². The summed E-state index contributed by atoms with van der Waals surface area (Å²) in [6.07, 6.45) is 1.15. The van der Waals surface area contributed by atoms with Gasteiger partial charge in [-0.1, -0.05) is 10.3 Å². The predicted octanol–water partition coefficient (Wildman–Crippen LogP) is 1.86. The van der Waals surface area contributed by atoms with Crippen LogP contribution in [0.3, 0.4) is 0 Å². The first-order valence-electron chi connectivity index (χ1n) is 4.23. The number of phenolic OH excluding ortho intramolecular Hbond substituents is 1. The van der Waals surface area contributed by atoms with Gasteiger partial charge in [-0.15, -0.1) is 0 Å². The second kappa shape index (κ2) is 3.83. The molecule has 0 unspecified atom stereocenters. The minimum atomic E-state index is 0.194. The predicted molar refractivity (Wildman–Crippen MR) is 53.0 cm³/mol. The van der Waals surface area contributed by atoms with Crippen molar-refractivity contribution in [2.75, 3.05) is 0 Å². The van der Waals surface area contributed by atoms with Gasteiger partial charge in [0.25, 0.3) is 0 Å². The Bertz CT molecular complexity index is 474. The van der Waals surface area contributed by atoms with E-state index in [1.54, 1.807) is 30.3 Å². The summed E-state index contributed by atoms with van der Waals surface area (Å²) >= 11 is 0. The van der Waals surface area contributed by atoms with E-state index >= 15 is 0 Å². The van der Waals surface area contributed by atoms with Crippen LogP contribution in [0.5, 0.6) is 5.75 Å². The maximum Gasteiger partial charge on any atom is 0.181 e. The molecule has 2 rings (SSSR count). The smallest absolute Gasteiger partial charge is 0.181 e. The standard InChI is InChI=1S/C10H8N2O3/c13-8-3-1-7(2-4-8)10-5-9(6-11-14)15-12-10/h1-6,13-14H/b11-6+. The van der Waals surface area contributed by atoms with Crippen LogP contribution in [0.15, 0.2) is 40.0 Å². The molecule has 5 nitrogen and oxygen atoms in total. The second-order valence-corrected chi connectivity index (χ2v) is 2.91. The molecule has 0 amide bonds. The van der Waals surface area contributed by atoms with Crippen LogP contribution in [0.2, 0.25) is 0 Å². The molecule has 15 heavy (non-hydrogen) atoms. The van der Waals surface area contributed by atoms with Crippen molar-refractivity contribution in [1.82, 2.24) is 5.16 Å². The van der Waals surface area contributed by atoms with Gasteiger partial charge < -0.3 is 14.8 Å². The minimum absolute atomic E-state index is 0.194. The van der Waals surface area contributed by atoms with E-state index < -0.39 is 0 Å². The molecule has 5 heteroatoms. The van der Waals surface area contributed by atoms with E-state index in [0.717, 1.165) is 11.8 Å². The third kappa shape index (κ3) is 1.96. The second-order valence-electron chi connectivity index (χ2n) is 2.91. The van der Waals surface area contributed by atoms with Crippen LogP contribution in [0.4, 0.5) is 0 Å². The third-order valence-corrected chi connectivity index (χ3v) is 1.88. The summed E-state index contributed by atoms with van der Waals surface area (Å²) < 4.78 is 4.87. The zero-order valence-electron chi connectivity index (χ0n) is 7.66. The van der Waals surface area contributed by atoms with Gasteiger partial charge in [-0.3, -0.25) is 0 Å². The monoisotopic (exact) mass is 204 g/mol. The lowest BCUT2D eigenvalue weighted by Crippen LogP contribution is -1.75. The van der Waals surface area contributed by atoms with E-state index in [1.165, 1.54) is 0 Å². The normalized spacial score (nSPS) is 10.9. The maximum atomic E-state index is 9.09. The highest BCUT2D eigenvalue weighted by molar-refractivity contribution is 5.77. The third-order valence-electron chi connectivity index (χ3n) is 1.88. The highest BCUT2D eigenvalue weighted by Crippen LogP contribution is 2.20. The number of rotatable bonds is 2. The zero-order valence-corrected chi connectivity index (χ0v) is 7.66. The number of hydrogen-bond acceptors (Lipinski definition) is 5. The Kier molecular flexibility index (Phi) is 2.37. The van der Waals surface area contributed by atoms with Gasteiger partial charge in [-0.05, 0) is 24.3 Å². The number of aromatic hydroxyl groups is 1. The van der Waals surface area contributed by atoms with Crippen molar-refractivity contribution in [2.45, 2.75) is 0 Å². The fourth-order valence-corrected chi connectivity index (χ4v) is 1.18. The molecule has 0 saturated carbocycles. The topological polar surface area (TPSA) is 78.9 Å². The number of hydrogen-bond donors (Lipinski definition) is 2. The van der Waals surface area contributed by atoms with E-state index in [9.17, 15) is 0 Å². The Morgan fingerprint density at radius 3 is 2.67 bits per heavy atom. The van der Waals surface area contributed by atoms with Crippen LogP contribution >= 0.6 is 0 Å². The lowest BCUT2D eigenvalue weighted by Gasteiger charge is -1.94. The molecule has 1 aromatic heterocycles. The largest absolute Gasteiger partial charge is 0.508 e. The molecular weight excluding hydrogens is 196 g/mol. The Hall–Kier alpha value is -2.30. The van der Waals surface area contributed by atoms with Gasteiger partial charge in [-0.2, -0.15) is 0 Å². The van der Waals surface area contributed by atoms with Crippen LogP contribution in [-0.2, 0) is 0 Å². The number of nitrogens with zero attached hydrogens (tertiary/aromatic N) is 2. The molecule has 1 heterocycles. The van der Waals surface area contributed by atoms with Gasteiger partial charge in [0.1, 0.15) is 17.7 Å². The Labute approximate surface area is 85.3 Å². The minimum Gasteiger partial charge on any atom is -0.508 e. The average Bonchev–Trinajstić information content (AvgIpc) is 2.68. The molecule has 0 radical (unpaired) electrons. The maximum absolute atomic E-state index is 9.09. The molecule has 0 saturated heterocycles. The molecule has 0 atom stereocenters. The van der Waals surface area contributed by atoms with Crippen LogP contribution in [0.25, 0.3) is 11.3 Å². The lowest BCUT2D eigenvalue weighted by atomic mass is 10.1. The van der Waals surface area contributed by atoms with Gasteiger partial charge in [0.05, 0.1) is 0 Å². The van der Waals surface area contributed by atoms with E-state index in [1.807, 2.05) is 0 Å². The summed E-state index contributed by atoms with van der Waals surface area (Å²) in [7, 11) is 0. The van der Waals surface area contributed by atoms with Gasteiger partial charge in [0.2, 0.25) is 0 Å². The molecular formula is C10H8N2O3. The van der Waals surface area contributed by atoms with E-state index in [0.29, 0.717) is 11.5 Å². The van der Waals surface area contributed by atoms with E-state index in [4.69, 9.17) is 14.8 Å². The summed E-state index contributed by atoms with van der Waals surface area (Å²) in [6.45, 7) is 0. The van der Waals surface area contributed by atoms with Crippen molar-refractivity contribution in [3.8, 4) is 17.0 Å². The van der Waals surface area contributed by atoms with Crippen molar-refractivity contribution >= 4 is 6.21 Å². The zero-order chi connectivity index (χ0) is 10.7. The van der Waals surface area contributed by atoms with E-state index in [2.05, 4.69) is 10.3 Å². The Balaban J connectivity index is 2.33. The first kappa shape index (κ1) is 9.26. The fraction of sp³-hybridized carbons (Fsp3) is 0. The number of phenols is 1. The molecule has 0 aliphatic carbocycles. The highest BCUT2D eigenvalue weighted by atomic mass is 16.5. The van der Waals surface area contributed by atoms with Crippen molar-refractivity contribution in [1.29, 1.82) is 0 Å². The fourth-order valence-electron chi connectivity index (χ4n) is 1.18. The lowest BCUT2D eigenvalue weighted by molar-refractivity contribution is 0.319. The number of benzene rings is 1. The molecule has 0 bridgehead atoms. The SMILES string of the molecule is O/N=C/c1cc(-c2ccc(O)cc2)no1. The summed E-state index contributed by atoms with van der Waals surface area (Å²) in [5.41, 5.74) is 1.43. The molecule has 1 aromatic carbocycles. The van der Waals surface area contributed by atoms with Gasteiger partial charge >= 0.3 is 0 Å². The molecule has 0 spiro atoms. The van der Waals surface area contributed by atoms with Crippen LogP contribution in [-0.4, -0.2) is 21.7 Å². The van der Waals surface area contributed by atoms with Crippen molar-refractivity contribution in [3.05, 3.63) is 36.1 Å². The number of aromatic nitrogens is 1. The highest BCUT2D eigenvalue weighted by Gasteiger charge is 2.04. The first-order valence-corrected chi connectivity index (χ1v) is 4.23. The van der Waals surface area contributed by atoms with Crippen LogP contribution in [0.1, 0.15) is 5.76 Å². The van der Waals surface area contributed by atoms with Gasteiger partial charge in [0.15, 0.2) is 5.76 Å². The summed E-state index contributed by atoms with van der Waals surface area (Å²) in [4.78, 5) is 0. The van der Waals surface area contributed by atoms with Gasteiger partial charge in [-0.25, -0.2) is 0 Å². The average molecular weight is 204 g/mol. The summed E-state index contributed by atoms with van der Waals surface area (Å²) in [6, 6.07) is 8.18. The summed E-state index contributed by atoms with van der Waals surface area (Å²) in [5, 5.41) is 24.0.